The SMILES string of the molecule is CC1OCCC1(CN)N1CCc2sccc2C1. The Morgan fingerprint density at radius 3 is 3.24 bits per heavy atom. The van der Waals surface area contributed by atoms with Crippen molar-refractivity contribution in [3.05, 3.63) is 21.9 Å². The second-order valence-corrected chi connectivity index (χ2v) is 6.11. The molecule has 3 nitrogen and oxygen atoms in total. The summed E-state index contributed by atoms with van der Waals surface area (Å²) >= 11 is 1.89. The van der Waals surface area contributed by atoms with Crippen molar-refractivity contribution in [2.45, 2.75) is 38.0 Å². The molecule has 1 saturated heterocycles. The van der Waals surface area contributed by atoms with E-state index in [9.17, 15) is 0 Å². The van der Waals surface area contributed by atoms with Crippen molar-refractivity contribution in [3.8, 4) is 0 Å². The second-order valence-electron chi connectivity index (χ2n) is 5.11. The summed E-state index contributed by atoms with van der Waals surface area (Å²) in [5, 5.41) is 2.21. The predicted molar refractivity (Wildman–Crippen MR) is 70.2 cm³/mol. The number of ether oxygens (including phenoxy) is 1. The zero-order chi connectivity index (χ0) is 11.9. The van der Waals surface area contributed by atoms with E-state index in [0.717, 1.165) is 26.1 Å². The summed E-state index contributed by atoms with van der Waals surface area (Å²) in [5.41, 5.74) is 7.63. The van der Waals surface area contributed by atoms with Gasteiger partial charge in [-0.05, 0) is 36.8 Å². The van der Waals surface area contributed by atoms with Gasteiger partial charge < -0.3 is 10.5 Å². The van der Waals surface area contributed by atoms with Gasteiger partial charge in [-0.3, -0.25) is 4.90 Å². The van der Waals surface area contributed by atoms with Gasteiger partial charge in [-0.2, -0.15) is 0 Å². The van der Waals surface area contributed by atoms with E-state index in [0.29, 0.717) is 6.54 Å². The molecule has 2 aliphatic heterocycles. The molecule has 94 valence electrons. The second kappa shape index (κ2) is 4.35. The van der Waals surface area contributed by atoms with Gasteiger partial charge in [-0.15, -0.1) is 11.3 Å². The number of fused-ring (bicyclic) bond motifs is 1. The molecule has 1 aromatic heterocycles. The molecule has 0 amide bonds. The molecule has 2 N–H and O–H groups in total. The first-order valence-electron chi connectivity index (χ1n) is 6.38. The van der Waals surface area contributed by atoms with Crippen LogP contribution < -0.4 is 5.73 Å². The first-order valence-corrected chi connectivity index (χ1v) is 7.26. The minimum atomic E-state index is 0.0691. The molecule has 0 saturated carbocycles. The summed E-state index contributed by atoms with van der Waals surface area (Å²) < 4.78 is 5.76. The highest BCUT2D eigenvalue weighted by atomic mass is 32.1. The Kier molecular flexibility index (Phi) is 2.99. The smallest absolute Gasteiger partial charge is 0.0743 e. The van der Waals surface area contributed by atoms with Crippen molar-refractivity contribution in [2.24, 2.45) is 5.73 Å². The fraction of sp³-hybridized carbons (Fsp3) is 0.692. The average Bonchev–Trinajstić information content (AvgIpc) is 2.94. The number of nitrogens with zero attached hydrogens (tertiary/aromatic N) is 1. The highest BCUT2D eigenvalue weighted by molar-refractivity contribution is 7.10. The van der Waals surface area contributed by atoms with E-state index < -0.39 is 0 Å². The van der Waals surface area contributed by atoms with E-state index in [1.54, 1.807) is 4.88 Å². The summed E-state index contributed by atoms with van der Waals surface area (Å²) in [4.78, 5) is 4.11. The summed E-state index contributed by atoms with van der Waals surface area (Å²) in [7, 11) is 0. The topological polar surface area (TPSA) is 38.5 Å². The van der Waals surface area contributed by atoms with E-state index in [2.05, 4.69) is 23.3 Å². The van der Waals surface area contributed by atoms with Gasteiger partial charge in [0, 0.05) is 31.1 Å². The van der Waals surface area contributed by atoms with Crippen LogP contribution in [0.25, 0.3) is 0 Å². The van der Waals surface area contributed by atoms with Gasteiger partial charge in [0.1, 0.15) is 0 Å². The zero-order valence-corrected chi connectivity index (χ0v) is 11.1. The molecule has 0 bridgehead atoms. The van der Waals surface area contributed by atoms with Gasteiger partial charge in [-0.25, -0.2) is 0 Å². The standard InChI is InChI=1S/C13H20N2OS/c1-10-13(9-14,4-6-16-10)15-5-2-12-11(8-15)3-7-17-12/h3,7,10H,2,4-6,8-9,14H2,1H3. The Labute approximate surface area is 107 Å². The molecule has 1 fully saturated rings. The van der Waals surface area contributed by atoms with Crippen molar-refractivity contribution in [1.82, 2.24) is 4.90 Å². The maximum Gasteiger partial charge on any atom is 0.0743 e. The van der Waals surface area contributed by atoms with Crippen LogP contribution in [0, 0.1) is 0 Å². The zero-order valence-electron chi connectivity index (χ0n) is 10.3. The third-order valence-corrected chi connectivity index (χ3v) is 5.47. The van der Waals surface area contributed by atoms with Crippen LogP contribution in [-0.2, 0) is 17.7 Å². The Balaban J connectivity index is 1.85. The first-order chi connectivity index (χ1) is 8.26. The quantitative estimate of drug-likeness (QED) is 0.869. The number of rotatable bonds is 2. The number of hydrogen-bond acceptors (Lipinski definition) is 4. The lowest BCUT2D eigenvalue weighted by molar-refractivity contribution is 0.00699. The van der Waals surface area contributed by atoms with Crippen LogP contribution in [0.15, 0.2) is 11.4 Å². The van der Waals surface area contributed by atoms with Crippen LogP contribution in [0.5, 0.6) is 0 Å². The predicted octanol–water partition coefficient (Wildman–Crippen LogP) is 1.61. The molecular weight excluding hydrogens is 232 g/mol. The van der Waals surface area contributed by atoms with Crippen molar-refractivity contribution < 1.29 is 4.74 Å². The lowest BCUT2D eigenvalue weighted by Gasteiger charge is -2.44. The largest absolute Gasteiger partial charge is 0.376 e. The molecule has 17 heavy (non-hydrogen) atoms. The van der Waals surface area contributed by atoms with Crippen LogP contribution in [-0.4, -0.2) is 36.2 Å². The highest BCUT2D eigenvalue weighted by Gasteiger charge is 2.45. The molecule has 2 atom stereocenters. The number of nitrogens with two attached hydrogens (primary N) is 1. The van der Waals surface area contributed by atoms with E-state index >= 15 is 0 Å². The molecule has 1 aromatic rings. The van der Waals surface area contributed by atoms with Crippen LogP contribution in [0.3, 0.4) is 0 Å². The highest BCUT2D eigenvalue weighted by Crippen LogP contribution is 2.36. The third-order valence-electron chi connectivity index (χ3n) is 4.45. The van der Waals surface area contributed by atoms with E-state index in [4.69, 9.17) is 10.5 Å². The maximum atomic E-state index is 6.07. The number of thiophene rings is 1. The fourth-order valence-electron chi connectivity index (χ4n) is 3.21. The molecule has 4 heteroatoms. The van der Waals surface area contributed by atoms with Gasteiger partial charge in [0.25, 0.3) is 0 Å². The Bertz CT molecular complexity index is 406. The summed E-state index contributed by atoms with van der Waals surface area (Å²) in [6.07, 6.45) is 2.50. The Morgan fingerprint density at radius 2 is 2.53 bits per heavy atom. The van der Waals surface area contributed by atoms with Crippen LogP contribution in [0.4, 0.5) is 0 Å². The molecule has 2 unspecified atom stereocenters. The molecule has 2 aliphatic rings. The number of hydrogen-bond donors (Lipinski definition) is 1. The van der Waals surface area contributed by atoms with Gasteiger partial charge in [0.05, 0.1) is 11.6 Å². The molecule has 3 heterocycles. The summed E-state index contributed by atoms with van der Waals surface area (Å²) in [6, 6.07) is 2.26. The lowest BCUT2D eigenvalue weighted by atomic mass is 9.88. The minimum Gasteiger partial charge on any atom is -0.376 e. The monoisotopic (exact) mass is 252 g/mol. The first kappa shape index (κ1) is 11.7. The average molecular weight is 252 g/mol. The molecular formula is C13H20N2OS. The van der Waals surface area contributed by atoms with E-state index in [1.165, 1.54) is 12.0 Å². The molecule has 3 rings (SSSR count). The van der Waals surface area contributed by atoms with Gasteiger partial charge in [0.2, 0.25) is 0 Å². The maximum absolute atomic E-state index is 6.07. The summed E-state index contributed by atoms with van der Waals surface area (Å²) in [5.74, 6) is 0. The molecule has 0 aliphatic carbocycles. The van der Waals surface area contributed by atoms with Crippen molar-refractivity contribution in [3.63, 3.8) is 0 Å². The van der Waals surface area contributed by atoms with Crippen molar-refractivity contribution in [1.29, 1.82) is 0 Å². The normalized spacial score (nSPS) is 33.9. The molecule has 0 spiro atoms. The fourth-order valence-corrected chi connectivity index (χ4v) is 4.10. The Hall–Kier alpha value is -0.420. The molecule has 0 radical (unpaired) electrons. The Morgan fingerprint density at radius 1 is 1.65 bits per heavy atom. The lowest BCUT2D eigenvalue weighted by Crippen LogP contribution is -2.59. The van der Waals surface area contributed by atoms with Crippen LogP contribution >= 0.6 is 11.3 Å². The van der Waals surface area contributed by atoms with Crippen molar-refractivity contribution in [2.75, 3.05) is 19.7 Å². The third kappa shape index (κ3) is 1.74. The molecule has 0 aromatic carbocycles. The summed E-state index contributed by atoms with van der Waals surface area (Å²) in [6.45, 7) is 5.89. The van der Waals surface area contributed by atoms with E-state index in [1.807, 2.05) is 11.3 Å². The minimum absolute atomic E-state index is 0.0691. The van der Waals surface area contributed by atoms with Crippen molar-refractivity contribution >= 4 is 11.3 Å². The van der Waals surface area contributed by atoms with Crippen LogP contribution in [0.2, 0.25) is 0 Å². The van der Waals surface area contributed by atoms with Gasteiger partial charge >= 0.3 is 0 Å². The van der Waals surface area contributed by atoms with Gasteiger partial charge in [-0.1, -0.05) is 0 Å². The van der Waals surface area contributed by atoms with Gasteiger partial charge in [0.15, 0.2) is 0 Å². The van der Waals surface area contributed by atoms with E-state index in [-0.39, 0.29) is 11.6 Å². The van der Waals surface area contributed by atoms with Crippen LogP contribution in [0.1, 0.15) is 23.8 Å².